The van der Waals surface area contributed by atoms with Gasteiger partial charge in [0.1, 0.15) is 17.2 Å². The first-order valence-corrected chi connectivity index (χ1v) is 8.01. The summed E-state index contributed by atoms with van der Waals surface area (Å²) < 4.78 is 10.7. The fourth-order valence-corrected chi connectivity index (χ4v) is 3.18. The standard InChI is InChI=1S/C17H16Cl2N2O3/c1-23-10-3-4-11(16(7-10)24-2)14-8-15(21-20-14)12-5-9(18)6-13(19)17(12)22/h3-7,14,20,22H,8H2,1-2H3/t14-/m1/s1. The SMILES string of the molecule is COc1ccc([C@H]2CC(c3cc(Cl)cc(Cl)c3O)=NN2)c(OC)c1. The Morgan fingerprint density at radius 2 is 1.96 bits per heavy atom. The normalized spacial score (nSPS) is 16.5. The molecule has 0 unspecified atom stereocenters. The Hall–Kier alpha value is -2.11. The van der Waals surface area contributed by atoms with Gasteiger partial charge in [0.2, 0.25) is 0 Å². The maximum Gasteiger partial charge on any atom is 0.143 e. The van der Waals surface area contributed by atoms with E-state index < -0.39 is 0 Å². The van der Waals surface area contributed by atoms with Crippen molar-refractivity contribution in [3.05, 3.63) is 51.5 Å². The van der Waals surface area contributed by atoms with Crippen molar-refractivity contribution in [2.75, 3.05) is 14.2 Å². The molecule has 0 radical (unpaired) electrons. The highest BCUT2D eigenvalue weighted by atomic mass is 35.5. The number of hydrogen-bond acceptors (Lipinski definition) is 5. The number of hydrazone groups is 1. The Morgan fingerprint density at radius 3 is 2.67 bits per heavy atom. The molecule has 7 heteroatoms. The van der Waals surface area contributed by atoms with E-state index in [1.165, 1.54) is 6.07 Å². The van der Waals surface area contributed by atoms with E-state index in [9.17, 15) is 5.11 Å². The van der Waals surface area contributed by atoms with E-state index in [2.05, 4.69) is 10.5 Å². The van der Waals surface area contributed by atoms with Crippen LogP contribution in [0.15, 0.2) is 35.4 Å². The summed E-state index contributed by atoms with van der Waals surface area (Å²) in [5, 5.41) is 15.1. The van der Waals surface area contributed by atoms with Crippen molar-refractivity contribution < 1.29 is 14.6 Å². The Bertz CT molecular complexity index is 809. The molecule has 0 fully saturated rings. The van der Waals surface area contributed by atoms with Crippen molar-refractivity contribution in [1.29, 1.82) is 0 Å². The third-order valence-electron chi connectivity index (χ3n) is 3.91. The largest absolute Gasteiger partial charge is 0.506 e. The van der Waals surface area contributed by atoms with Crippen LogP contribution in [0, 0.1) is 0 Å². The van der Waals surface area contributed by atoms with Gasteiger partial charge in [0.05, 0.1) is 31.0 Å². The summed E-state index contributed by atoms with van der Waals surface area (Å²) in [6, 6.07) is 8.68. The highest BCUT2D eigenvalue weighted by molar-refractivity contribution is 6.36. The van der Waals surface area contributed by atoms with Gasteiger partial charge >= 0.3 is 0 Å². The second kappa shape index (κ2) is 6.79. The molecule has 2 N–H and O–H groups in total. The van der Waals surface area contributed by atoms with Crippen LogP contribution >= 0.6 is 23.2 Å². The Morgan fingerprint density at radius 1 is 1.17 bits per heavy atom. The van der Waals surface area contributed by atoms with Crippen LogP contribution in [0.5, 0.6) is 17.2 Å². The number of phenols is 1. The Labute approximate surface area is 149 Å². The van der Waals surface area contributed by atoms with Crippen LogP contribution in [-0.2, 0) is 0 Å². The number of benzene rings is 2. The third-order valence-corrected chi connectivity index (χ3v) is 4.41. The summed E-state index contributed by atoms with van der Waals surface area (Å²) in [6.45, 7) is 0. The predicted octanol–water partition coefficient (Wildman–Crippen LogP) is 4.15. The lowest BCUT2D eigenvalue weighted by molar-refractivity contribution is 0.386. The van der Waals surface area contributed by atoms with Crippen molar-refractivity contribution in [1.82, 2.24) is 5.43 Å². The topological polar surface area (TPSA) is 63.1 Å². The molecule has 1 heterocycles. The maximum atomic E-state index is 10.2. The van der Waals surface area contributed by atoms with Crippen LogP contribution in [0.2, 0.25) is 10.0 Å². The lowest BCUT2D eigenvalue weighted by Crippen LogP contribution is -2.11. The summed E-state index contributed by atoms with van der Waals surface area (Å²) in [5.41, 5.74) is 5.22. The first-order chi connectivity index (χ1) is 11.5. The van der Waals surface area contributed by atoms with Crippen LogP contribution in [-0.4, -0.2) is 25.0 Å². The van der Waals surface area contributed by atoms with Crippen molar-refractivity contribution >= 4 is 28.9 Å². The fourth-order valence-electron chi connectivity index (χ4n) is 2.68. The molecule has 0 bridgehead atoms. The van der Waals surface area contributed by atoms with Gasteiger partial charge in [0, 0.05) is 28.6 Å². The molecule has 2 aromatic rings. The fraction of sp³-hybridized carbons (Fsp3) is 0.235. The second-order valence-corrected chi connectivity index (χ2v) is 6.18. The lowest BCUT2D eigenvalue weighted by Gasteiger charge is -2.15. The third kappa shape index (κ3) is 3.09. The smallest absolute Gasteiger partial charge is 0.143 e. The first kappa shape index (κ1) is 16.7. The number of ether oxygens (including phenoxy) is 2. The van der Waals surface area contributed by atoms with E-state index in [-0.39, 0.29) is 16.8 Å². The van der Waals surface area contributed by atoms with Gasteiger partial charge < -0.3 is 20.0 Å². The highest BCUT2D eigenvalue weighted by Crippen LogP contribution is 2.37. The molecule has 1 aliphatic heterocycles. The molecule has 126 valence electrons. The zero-order chi connectivity index (χ0) is 17.3. The van der Waals surface area contributed by atoms with Gasteiger partial charge in [-0.25, -0.2) is 0 Å². The van der Waals surface area contributed by atoms with Gasteiger partial charge in [0.15, 0.2) is 0 Å². The minimum atomic E-state index is -0.0852. The zero-order valence-electron chi connectivity index (χ0n) is 13.1. The molecule has 0 saturated carbocycles. The van der Waals surface area contributed by atoms with Gasteiger partial charge in [-0.05, 0) is 24.3 Å². The van der Waals surface area contributed by atoms with E-state index in [1.54, 1.807) is 20.3 Å². The highest BCUT2D eigenvalue weighted by Gasteiger charge is 2.26. The van der Waals surface area contributed by atoms with E-state index in [1.807, 2.05) is 18.2 Å². The second-order valence-electron chi connectivity index (χ2n) is 5.34. The van der Waals surface area contributed by atoms with Crippen LogP contribution in [0.25, 0.3) is 0 Å². The number of aromatic hydroxyl groups is 1. The van der Waals surface area contributed by atoms with Gasteiger partial charge in [-0.1, -0.05) is 23.2 Å². The molecule has 24 heavy (non-hydrogen) atoms. The quantitative estimate of drug-likeness (QED) is 0.852. The molecule has 2 aromatic carbocycles. The average Bonchev–Trinajstić information content (AvgIpc) is 3.07. The van der Waals surface area contributed by atoms with Crippen molar-refractivity contribution in [3.63, 3.8) is 0 Å². The van der Waals surface area contributed by atoms with Gasteiger partial charge in [-0.15, -0.1) is 0 Å². The van der Waals surface area contributed by atoms with E-state index in [4.69, 9.17) is 32.7 Å². The number of nitrogens with one attached hydrogen (secondary N) is 1. The van der Waals surface area contributed by atoms with Crippen molar-refractivity contribution in [2.45, 2.75) is 12.5 Å². The Kier molecular flexibility index (Phi) is 4.73. The van der Waals surface area contributed by atoms with E-state index >= 15 is 0 Å². The minimum absolute atomic E-state index is 0.0241. The molecular formula is C17H16Cl2N2O3. The summed E-state index contributed by atoms with van der Waals surface area (Å²) in [5.74, 6) is 1.40. The number of hydrogen-bond donors (Lipinski definition) is 2. The molecule has 0 aliphatic carbocycles. The molecule has 0 spiro atoms. The number of methoxy groups -OCH3 is 2. The summed E-state index contributed by atoms with van der Waals surface area (Å²) >= 11 is 12.0. The van der Waals surface area contributed by atoms with E-state index in [0.29, 0.717) is 34.2 Å². The van der Waals surface area contributed by atoms with Crippen molar-refractivity contribution in [2.24, 2.45) is 5.10 Å². The van der Waals surface area contributed by atoms with E-state index in [0.717, 1.165) is 5.56 Å². The Balaban J connectivity index is 1.88. The molecule has 3 rings (SSSR count). The first-order valence-electron chi connectivity index (χ1n) is 7.26. The number of rotatable bonds is 4. The maximum absolute atomic E-state index is 10.2. The number of phenolic OH excluding ortho intramolecular Hbond substituents is 1. The molecular weight excluding hydrogens is 351 g/mol. The summed E-state index contributed by atoms with van der Waals surface area (Å²) in [4.78, 5) is 0. The minimum Gasteiger partial charge on any atom is -0.506 e. The number of halogens is 2. The molecule has 0 aromatic heterocycles. The summed E-state index contributed by atoms with van der Waals surface area (Å²) in [6.07, 6.45) is 0.562. The van der Waals surface area contributed by atoms with Gasteiger partial charge in [0.25, 0.3) is 0 Å². The lowest BCUT2D eigenvalue weighted by atomic mass is 9.98. The molecule has 0 saturated heterocycles. The van der Waals surface area contributed by atoms with Gasteiger partial charge in [-0.2, -0.15) is 5.10 Å². The molecule has 1 atom stereocenters. The average molecular weight is 367 g/mol. The van der Waals surface area contributed by atoms with Crippen LogP contribution in [0.4, 0.5) is 0 Å². The van der Waals surface area contributed by atoms with Gasteiger partial charge in [-0.3, -0.25) is 0 Å². The van der Waals surface area contributed by atoms with Crippen molar-refractivity contribution in [3.8, 4) is 17.2 Å². The summed E-state index contributed by atoms with van der Waals surface area (Å²) in [7, 11) is 3.21. The molecule has 1 aliphatic rings. The monoisotopic (exact) mass is 366 g/mol. The van der Waals surface area contributed by atoms with Crippen LogP contribution in [0.3, 0.4) is 0 Å². The molecule has 0 amide bonds. The molecule has 5 nitrogen and oxygen atoms in total. The van der Waals surface area contributed by atoms with Crippen LogP contribution in [0.1, 0.15) is 23.6 Å². The zero-order valence-corrected chi connectivity index (χ0v) is 14.6. The number of nitrogens with zero attached hydrogens (tertiary/aromatic N) is 1. The predicted molar refractivity (Wildman–Crippen MR) is 94.7 cm³/mol. The van der Waals surface area contributed by atoms with Crippen LogP contribution < -0.4 is 14.9 Å².